The van der Waals surface area contributed by atoms with Gasteiger partial charge in [-0.15, -0.1) is 0 Å². The number of hydrogen-bond donors (Lipinski definition) is 1. The van der Waals surface area contributed by atoms with Crippen molar-refractivity contribution in [2.45, 2.75) is 25.1 Å². The van der Waals surface area contributed by atoms with Crippen molar-refractivity contribution in [3.8, 4) is 17.0 Å². The van der Waals surface area contributed by atoms with Gasteiger partial charge in [0.25, 0.3) is 5.91 Å². The maximum Gasteiger partial charge on any atom is 0.433 e. The summed E-state index contributed by atoms with van der Waals surface area (Å²) < 4.78 is 55.9. The number of rotatable bonds is 3. The van der Waals surface area contributed by atoms with Crippen LogP contribution in [-0.4, -0.2) is 43.8 Å². The van der Waals surface area contributed by atoms with Gasteiger partial charge in [0, 0.05) is 36.5 Å². The summed E-state index contributed by atoms with van der Waals surface area (Å²) in [4.78, 5) is 17.9. The average Bonchev–Trinajstić information content (AvgIpc) is 3.14. The number of aromatic hydroxyl groups is 1. The molecular weight excluding hydrogens is 428 g/mol. The first-order valence-corrected chi connectivity index (χ1v) is 10.0. The number of pyridine rings is 1. The lowest BCUT2D eigenvalue weighted by molar-refractivity contribution is -0.149. The molecule has 0 bridgehead atoms. The number of hydrogen-bond acceptors (Lipinski definition) is 4. The maximum atomic E-state index is 13.9. The number of carbonyl (C=O) groups is 1. The molecule has 0 unspecified atom stereocenters. The lowest BCUT2D eigenvalue weighted by Gasteiger charge is -2.59. The Labute approximate surface area is 180 Å². The minimum Gasteiger partial charge on any atom is -0.508 e. The lowest BCUT2D eigenvalue weighted by atomic mass is 9.60. The van der Waals surface area contributed by atoms with Crippen molar-refractivity contribution in [1.82, 2.24) is 19.7 Å². The summed E-state index contributed by atoms with van der Waals surface area (Å²) >= 11 is 0. The molecule has 0 radical (unpaired) electrons. The number of phenolic OH excluding ortho intramolecular Hbond substituents is 1. The maximum absolute atomic E-state index is 13.9. The molecule has 2 aliphatic rings. The highest BCUT2D eigenvalue weighted by molar-refractivity contribution is 5.95. The van der Waals surface area contributed by atoms with Gasteiger partial charge in [0.15, 0.2) is 0 Å². The predicted molar refractivity (Wildman–Crippen MR) is 105 cm³/mol. The first kappa shape index (κ1) is 20.5. The molecule has 3 aromatic rings. The second-order valence-corrected chi connectivity index (χ2v) is 8.48. The summed E-state index contributed by atoms with van der Waals surface area (Å²) in [7, 11) is 0. The van der Waals surface area contributed by atoms with Crippen LogP contribution in [0, 0.1) is 11.2 Å². The first-order chi connectivity index (χ1) is 15.2. The van der Waals surface area contributed by atoms with E-state index in [1.54, 1.807) is 12.1 Å². The molecule has 166 valence electrons. The van der Waals surface area contributed by atoms with Crippen LogP contribution in [0.4, 0.5) is 17.6 Å². The highest BCUT2D eigenvalue weighted by atomic mass is 19.4. The fraction of sp³-hybridized carbons (Fsp3) is 0.318. The van der Waals surface area contributed by atoms with E-state index in [2.05, 4.69) is 10.1 Å². The van der Waals surface area contributed by atoms with Crippen LogP contribution in [-0.2, 0) is 6.18 Å². The molecular formula is C22H18F4N4O2. The minimum atomic E-state index is -4.55. The van der Waals surface area contributed by atoms with Crippen LogP contribution in [0.25, 0.3) is 11.3 Å². The van der Waals surface area contributed by atoms with E-state index in [4.69, 9.17) is 0 Å². The van der Waals surface area contributed by atoms with Crippen molar-refractivity contribution < 1.29 is 27.5 Å². The van der Waals surface area contributed by atoms with Gasteiger partial charge in [0.1, 0.15) is 17.3 Å². The van der Waals surface area contributed by atoms with Gasteiger partial charge in [-0.25, -0.2) is 4.39 Å². The fourth-order valence-electron chi connectivity index (χ4n) is 4.67. The van der Waals surface area contributed by atoms with E-state index in [1.165, 1.54) is 17.3 Å². The SMILES string of the molecule is O=C(c1cc(O)ccc1F)N1CC2(CC(n3nc(-c4ccncc4)cc3C(F)(F)F)C2)C1. The second kappa shape index (κ2) is 7.04. The van der Waals surface area contributed by atoms with Gasteiger partial charge in [0.2, 0.25) is 0 Å². The molecule has 1 amide bonds. The smallest absolute Gasteiger partial charge is 0.433 e. The molecule has 0 atom stereocenters. The number of nitrogens with zero attached hydrogens (tertiary/aromatic N) is 4. The Hall–Kier alpha value is -3.43. The third-order valence-corrected chi connectivity index (χ3v) is 6.21. The van der Waals surface area contributed by atoms with E-state index < -0.39 is 29.6 Å². The van der Waals surface area contributed by atoms with Crippen molar-refractivity contribution in [1.29, 1.82) is 0 Å². The molecule has 1 N–H and O–H groups in total. The summed E-state index contributed by atoms with van der Waals surface area (Å²) in [5.74, 6) is -1.48. The number of benzene rings is 1. The second-order valence-electron chi connectivity index (χ2n) is 8.48. The summed E-state index contributed by atoms with van der Waals surface area (Å²) in [6.07, 6.45) is -0.667. The zero-order valence-electron chi connectivity index (χ0n) is 16.7. The van der Waals surface area contributed by atoms with Crippen molar-refractivity contribution >= 4 is 5.91 Å². The average molecular weight is 446 g/mol. The molecule has 1 aliphatic carbocycles. The van der Waals surface area contributed by atoms with E-state index in [0.717, 1.165) is 28.9 Å². The van der Waals surface area contributed by atoms with Gasteiger partial charge in [0.05, 0.1) is 17.3 Å². The van der Waals surface area contributed by atoms with E-state index in [0.29, 0.717) is 31.5 Å². The summed E-state index contributed by atoms with van der Waals surface area (Å²) in [5.41, 5.74) is -0.543. The largest absolute Gasteiger partial charge is 0.508 e. The molecule has 1 spiro atoms. The van der Waals surface area contributed by atoms with E-state index in [-0.39, 0.29) is 22.4 Å². The Kier molecular flexibility index (Phi) is 4.51. The highest BCUT2D eigenvalue weighted by Gasteiger charge is 2.56. The van der Waals surface area contributed by atoms with E-state index in [9.17, 15) is 27.5 Å². The normalized spacial score (nSPS) is 17.8. The van der Waals surface area contributed by atoms with Gasteiger partial charge >= 0.3 is 6.18 Å². The van der Waals surface area contributed by atoms with Gasteiger partial charge in [-0.1, -0.05) is 0 Å². The summed E-state index contributed by atoms with van der Waals surface area (Å²) in [6.45, 7) is 0.661. The Balaban J connectivity index is 1.30. The standard InChI is InChI=1S/C22H18F4N4O2/c23-17-2-1-15(31)7-16(17)20(32)29-11-21(12-29)9-14(10-21)30-19(22(24,25)26)8-18(28-30)13-3-5-27-6-4-13/h1-8,14,31H,9-12H2. The molecule has 6 nitrogen and oxygen atoms in total. The van der Waals surface area contributed by atoms with Crippen LogP contribution >= 0.6 is 0 Å². The number of alkyl halides is 3. The molecule has 3 heterocycles. The van der Waals surface area contributed by atoms with Crippen LogP contribution in [0.3, 0.4) is 0 Å². The fourth-order valence-corrected chi connectivity index (χ4v) is 4.67. The first-order valence-electron chi connectivity index (χ1n) is 10.0. The number of aromatic nitrogens is 3. The van der Waals surface area contributed by atoms with Crippen molar-refractivity contribution in [3.63, 3.8) is 0 Å². The van der Waals surface area contributed by atoms with Gasteiger partial charge < -0.3 is 10.0 Å². The van der Waals surface area contributed by atoms with Crippen molar-refractivity contribution in [3.05, 3.63) is 65.9 Å². The van der Waals surface area contributed by atoms with E-state index in [1.807, 2.05) is 0 Å². The van der Waals surface area contributed by atoms with Crippen molar-refractivity contribution in [2.24, 2.45) is 5.41 Å². The van der Waals surface area contributed by atoms with Crippen molar-refractivity contribution in [2.75, 3.05) is 13.1 Å². The Morgan fingerprint density at radius 3 is 2.44 bits per heavy atom. The van der Waals surface area contributed by atoms with E-state index >= 15 is 0 Å². The summed E-state index contributed by atoms with van der Waals surface area (Å²) in [5, 5.41) is 13.7. The number of carbonyl (C=O) groups excluding carboxylic acids is 1. The number of phenols is 1. The summed E-state index contributed by atoms with van der Waals surface area (Å²) in [6, 6.07) is 7.07. The third kappa shape index (κ3) is 3.39. The Bertz CT molecular complexity index is 1180. The third-order valence-electron chi connectivity index (χ3n) is 6.21. The molecule has 1 aliphatic heterocycles. The number of amides is 1. The van der Waals surface area contributed by atoms with Crippen LogP contribution in [0.15, 0.2) is 48.8 Å². The van der Waals surface area contributed by atoms with Crippen LogP contribution in [0.5, 0.6) is 5.75 Å². The van der Waals surface area contributed by atoms with Gasteiger partial charge in [-0.3, -0.25) is 14.5 Å². The van der Waals surface area contributed by atoms with Crippen LogP contribution in [0.2, 0.25) is 0 Å². The lowest BCUT2D eigenvalue weighted by Crippen LogP contribution is -2.64. The van der Waals surface area contributed by atoms with Gasteiger partial charge in [-0.05, 0) is 49.2 Å². The molecule has 2 fully saturated rings. The predicted octanol–water partition coefficient (Wildman–Crippen LogP) is 4.29. The molecule has 1 saturated carbocycles. The molecule has 32 heavy (non-hydrogen) atoms. The Morgan fingerprint density at radius 1 is 1.09 bits per heavy atom. The molecule has 10 heteroatoms. The molecule has 1 saturated heterocycles. The molecule has 1 aromatic carbocycles. The highest BCUT2D eigenvalue weighted by Crippen LogP contribution is 2.55. The van der Waals surface area contributed by atoms with Crippen LogP contribution < -0.4 is 0 Å². The zero-order valence-corrected chi connectivity index (χ0v) is 16.7. The quantitative estimate of drug-likeness (QED) is 0.610. The number of likely N-dealkylation sites (tertiary alicyclic amines) is 1. The Morgan fingerprint density at radius 2 is 1.78 bits per heavy atom. The number of halogens is 4. The topological polar surface area (TPSA) is 71.2 Å². The zero-order chi connectivity index (χ0) is 22.7. The van der Waals surface area contributed by atoms with Gasteiger partial charge in [-0.2, -0.15) is 18.3 Å². The molecule has 2 aromatic heterocycles. The van der Waals surface area contributed by atoms with Crippen LogP contribution in [0.1, 0.15) is 34.9 Å². The molecule has 5 rings (SSSR count). The monoisotopic (exact) mass is 446 g/mol. The minimum absolute atomic E-state index is 0.211.